The van der Waals surface area contributed by atoms with Crippen LogP contribution in [0.3, 0.4) is 0 Å². The summed E-state index contributed by atoms with van der Waals surface area (Å²) in [5, 5.41) is 2.85. The Bertz CT molecular complexity index is 716. The van der Waals surface area contributed by atoms with Crippen LogP contribution in [0.25, 0.3) is 0 Å². The first-order chi connectivity index (χ1) is 12.4. The van der Waals surface area contributed by atoms with E-state index in [-0.39, 0.29) is 35.5 Å². The van der Waals surface area contributed by atoms with Crippen LogP contribution in [0.5, 0.6) is 0 Å². The molecule has 3 rings (SSSR count). The predicted molar refractivity (Wildman–Crippen MR) is 103 cm³/mol. The molecule has 1 N–H and O–H groups in total. The molecule has 1 aromatic rings. The molecule has 1 heterocycles. The first-order valence-corrected chi connectivity index (χ1v) is 9.76. The number of rotatable bonds is 5. The quantitative estimate of drug-likeness (QED) is 0.584. The van der Waals surface area contributed by atoms with Crippen LogP contribution < -0.4 is 5.32 Å². The average Bonchev–Trinajstić information content (AvgIpc) is 2.86. The van der Waals surface area contributed by atoms with Crippen LogP contribution in [0.2, 0.25) is 0 Å². The van der Waals surface area contributed by atoms with E-state index in [1.807, 2.05) is 38.1 Å². The fourth-order valence-electron chi connectivity index (χ4n) is 3.67. The molecule has 3 unspecified atom stereocenters. The van der Waals surface area contributed by atoms with Crippen LogP contribution in [-0.2, 0) is 14.4 Å². The molecule has 6 heteroatoms. The summed E-state index contributed by atoms with van der Waals surface area (Å²) in [5.74, 6) is -1.18. The van der Waals surface area contributed by atoms with Crippen LogP contribution in [-0.4, -0.2) is 28.7 Å². The molecule has 5 nitrogen and oxygen atoms in total. The maximum absolute atomic E-state index is 12.9. The molecule has 0 spiro atoms. The number of nitrogens with zero attached hydrogens (tertiary/aromatic N) is 1. The van der Waals surface area contributed by atoms with Gasteiger partial charge in [0.05, 0.1) is 11.8 Å². The van der Waals surface area contributed by atoms with Crippen LogP contribution >= 0.6 is 15.9 Å². The first-order valence-electron chi connectivity index (χ1n) is 8.97. The van der Waals surface area contributed by atoms with Crippen LogP contribution in [0, 0.1) is 17.8 Å². The molecule has 0 bridgehead atoms. The van der Waals surface area contributed by atoms with Crippen molar-refractivity contribution in [1.29, 1.82) is 0 Å². The van der Waals surface area contributed by atoms with Crippen molar-refractivity contribution in [2.45, 2.75) is 39.2 Å². The van der Waals surface area contributed by atoms with E-state index >= 15 is 0 Å². The van der Waals surface area contributed by atoms with Gasteiger partial charge in [0.2, 0.25) is 17.7 Å². The fourth-order valence-corrected chi connectivity index (χ4v) is 3.93. The number of halogens is 1. The van der Waals surface area contributed by atoms with Gasteiger partial charge in [-0.05, 0) is 49.4 Å². The molecule has 2 aliphatic rings. The molecule has 26 heavy (non-hydrogen) atoms. The first kappa shape index (κ1) is 18.8. The highest BCUT2D eigenvalue weighted by molar-refractivity contribution is 9.10. The molecule has 1 aliphatic heterocycles. The number of amides is 3. The van der Waals surface area contributed by atoms with Gasteiger partial charge in [-0.1, -0.05) is 41.9 Å². The Balaban J connectivity index is 1.83. The van der Waals surface area contributed by atoms with Crippen molar-refractivity contribution in [3.05, 3.63) is 40.9 Å². The Morgan fingerprint density at radius 1 is 1.12 bits per heavy atom. The Labute approximate surface area is 162 Å². The standard InChI is InChI=1S/C20H23BrN2O3/c1-12(2)11-17(18(24)22-14-9-7-13(21)8-10-14)23-19(25)15-5-3-4-6-16(15)20(23)26/h3-4,7-10,12,15-17H,5-6,11H2,1-2H3,(H,22,24). The average molecular weight is 419 g/mol. The maximum Gasteiger partial charge on any atom is 0.247 e. The number of hydrogen-bond donors (Lipinski definition) is 1. The van der Waals surface area contributed by atoms with Gasteiger partial charge in [-0.2, -0.15) is 0 Å². The fraction of sp³-hybridized carbons (Fsp3) is 0.450. The largest absolute Gasteiger partial charge is 0.324 e. The number of likely N-dealkylation sites (tertiary alicyclic amines) is 1. The summed E-state index contributed by atoms with van der Waals surface area (Å²) in [7, 11) is 0. The molecule has 0 radical (unpaired) electrons. The van der Waals surface area contributed by atoms with Crippen LogP contribution in [0.1, 0.15) is 33.1 Å². The second-order valence-electron chi connectivity index (χ2n) is 7.34. The van der Waals surface area contributed by atoms with Gasteiger partial charge in [-0.15, -0.1) is 0 Å². The summed E-state index contributed by atoms with van der Waals surface area (Å²) in [6, 6.07) is 6.46. The number of anilines is 1. The number of benzene rings is 1. The van der Waals surface area contributed by atoms with E-state index in [9.17, 15) is 14.4 Å². The number of carbonyl (C=O) groups excluding carboxylic acids is 3. The zero-order chi connectivity index (χ0) is 18.8. The van der Waals surface area contributed by atoms with Crippen molar-refractivity contribution in [2.75, 3.05) is 5.32 Å². The highest BCUT2D eigenvalue weighted by Gasteiger charge is 2.51. The Kier molecular flexibility index (Phi) is 5.61. The lowest BCUT2D eigenvalue weighted by Gasteiger charge is -2.27. The molecule has 0 aromatic heterocycles. The summed E-state index contributed by atoms with van der Waals surface area (Å²) >= 11 is 3.36. The van der Waals surface area contributed by atoms with Crippen LogP contribution in [0.4, 0.5) is 5.69 Å². The molecular weight excluding hydrogens is 396 g/mol. The number of fused-ring (bicyclic) bond motifs is 1. The van der Waals surface area contributed by atoms with Gasteiger partial charge in [0.25, 0.3) is 0 Å². The van der Waals surface area contributed by atoms with Crippen molar-refractivity contribution in [3.63, 3.8) is 0 Å². The van der Waals surface area contributed by atoms with Gasteiger partial charge in [0.15, 0.2) is 0 Å². The number of hydrogen-bond acceptors (Lipinski definition) is 3. The number of imide groups is 1. The predicted octanol–water partition coefficient (Wildman–Crippen LogP) is 3.75. The topological polar surface area (TPSA) is 66.5 Å². The monoisotopic (exact) mass is 418 g/mol. The molecule has 3 atom stereocenters. The van der Waals surface area contributed by atoms with Gasteiger partial charge >= 0.3 is 0 Å². The van der Waals surface area contributed by atoms with Crippen molar-refractivity contribution >= 4 is 39.3 Å². The van der Waals surface area contributed by atoms with E-state index in [1.54, 1.807) is 12.1 Å². The number of carbonyl (C=O) groups is 3. The molecule has 1 fully saturated rings. The highest BCUT2D eigenvalue weighted by Crippen LogP contribution is 2.37. The zero-order valence-corrected chi connectivity index (χ0v) is 16.5. The molecule has 1 saturated heterocycles. The van der Waals surface area contributed by atoms with Gasteiger partial charge < -0.3 is 5.32 Å². The SMILES string of the molecule is CC(C)CC(C(=O)Nc1ccc(Br)cc1)N1C(=O)C2CC=CCC2C1=O. The van der Waals surface area contributed by atoms with E-state index in [1.165, 1.54) is 4.90 Å². The molecular formula is C20H23BrN2O3. The summed E-state index contributed by atoms with van der Waals surface area (Å²) < 4.78 is 0.913. The van der Waals surface area contributed by atoms with Gasteiger partial charge in [-0.3, -0.25) is 19.3 Å². The second kappa shape index (κ2) is 7.74. The zero-order valence-electron chi connectivity index (χ0n) is 14.9. The molecule has 3 amide bonds. The van der Waals surface area contributed by atoms with E-state index in [0.29, 0.717) is 24.9 Å². The van der Waals surface area contributed by atoms with E-state index in [0.717, 1.165) is 4.47 Å². The Morgan fingerprint density at radius 2 is 1.65 bits per heavy atom. The Hall–Kier alpha value is -1.95. The lowest BCUT2D eigenvalue weighted by Crippen LogP contribution is -2.48. The minimum absolute atomic E-state index is 0.178. The third-order valence-electron chi connectivity index (χ3n) is 4.96. The lowest BCUT2D eigenvalue weighted by molar-refractivity contribution is -0.147. The molecule has 138 valence electrons. The summed E-state index contributed by atoms with van der Waals surface area (Å²) in [4.78, 5) is 39.9. The number of allylic oxidation sites excluding steroid dienone is 2. The highest BCUT2D eigenvalue weighted by atomic mass is 79.9. The summed E-state index contributed by atoms with van der Waals surface area (Å²) in [6.07, 6.45) is 5.51. The van der Waals surface area contributed by atoms with E-state index in [4.69, 9.17) is 0 Å². The normalized spacial score (nSPS) is 23.3. The van der Waals surface area contributed by atoms with Crippen molar-refractivity contribution < 1.29 is 14.4 Å². The third kappa shape index (κ3) is 3.75. The van der Waals surface area contributed by atoms with E-state index < -0.39 is 6.04 Å². The smallest absolute Gasteiger partial charge is 0.247 e. The third-order valence-corrected chi connectivity index (χ3v) is 5.49. The minimum atomic E-state index is -0.774. The van der Waals surface area contributed by atoms with Crippen LogP contribution in [0.15, 0.2) is 40.9 Å². The van der Waals surface area contributed by atoms with Gasteiger partial charge in [0.1, 0.15) is 6.04 Å². The van der Waals surface area contributed by atoms with Crippen molar-refractivity contribution in [1.82, 2.24) is 4.90 Å². The van der Waals surface area contributed by atoms with E-state index in [2.05, 4.69) is 21.2 Å². The van der Waals surface area contributed by atoms with Gasteiger partial charge in [-0.25, -0.2) is 0 Å². The summed E-state index contributed by atoms with van der Waals surface area (Å²) in [6.45, 7) is 3.97. The summed E-state index contributed by atoms with van der Waals surface area (Å²) in [5.41, 5.74) is 0.644. The molecule has 0 saturated carbocycles. The molecule has 1 aromatic carbocycles. The Morgan fingerprint density at radius 3 is 2.15 bits per heavy atom. The maximum atomic E-state index is 12.9. The minimum Gasteiger partial charge on any atom is -0.324 e. The van der Waals surface area contributed by atoms with Gasteiger partial charge in [0, 0.05) is 10.2 Å². The number of nitrogens with one attached hydrogen (secondary N) is 1. The second-order valence-corrected chi connectivity index (χ2v) is 8.26. The lowest BCUT2D eigenvalue weighted by atomic mass is 9.85. The molecule has 1 aliphatic carbocycles. The van der Waals surface area contributed by atoms with Crippen molar-refractivity contribution in [3.8, 4) is 0 Å². The van der Waals surface area contributed by atoms with Crippen molar-refractivity contribution in [2.24, 2.45) is 17.8 Å².